The molecule has 1 N–H and O–H groups in total. The van der Waals surface area contributed by atoms with E-state index in [9.17, 15) is 0 Å². The molecule has 0 unspecified atom stereocenters. The molecule has 2 aromatic rings. The van der Waals surface area contributed by atoms with Gasteiger partial charge in [-0.25, -0.2) is 0 Å². The minimum atomic E-state index is 0.974. The first-order valence-corrected chi connectivity index (χ1v) is 7.26. The molecular formula is C18H24N2. The molecule has 0 fully saturated rings. The van der Waals surface area contributed by atoms with Crippen molar-refractivity contribution in [1.82, 2.24) is 4.90 Å². The van der Waals surface area contributed by atoms with Crippen LogP contribution in [-0.4, -0.2) is 25.5 Å². The van der Waals surface area contributed by atoms with Gasteiger partial charge in [0.25, 0.3) is 0 Å². The highest BCUT2D eigenvalue weighted by atomic mass is 15.1. The van der Waals surface area contributed by atoms with Crippen molar-refractivity contribution in [2.45, 2.75) is 19.4 Å². The Bertz CT molecular complexity index is 506. The molecule has 0 bridgehead atoms. The van der Waals surface area contributed by atoms with E-state index in [1.807, 2.05) is 0 Å². The Labute approximate surface area is 122 Å². The van der Waals surface area contributed by atoms with Crippen LogP contribution in [0.3, 0.4) is 0 Å². The molecule has 0 radical (unpaired) electrons. The van der Waals surface area contributed by atoms with Gasteiger partial charge in [-0.3, -0.25) is 0 Å². The average molecular weight is 268 g/mol. The van der Waals surface area contributed by atoms with E-state index in [0.29, 0.717) is 0 Å². The number of nitrogens with zero attached hydrogens (tertiary/aromatic N) is 1. The summed E-state index contributed by atoms with van der Waals surface area (Å²) in [4.78, 5) is 2.20. The number of nitrogens with one attached hydrogen (secondary N) is 1. The van der Waals surface area contributed by atoms with Crippen LogP contribution in [-0.2, 0) is 13.0 Å². The number of benzene rings is 2. The molecule has 2 aromatic carbocycles. The summed E-state index contributed by atoms with van der Waals surface area (Å²) in [6.07, 6.45) is 2.28. The molecule has 0 aliphatic heterocycles. The molecule has 0 aromatic heterocycles. The maximum Gasteiger partial charge on any atom is 0.0385 e. The summed E-state index contributed by atoms with van der Waals surface area (Å²) in [6, 6.07) is 19.2. The minimum absolute atomic E-state index is 0.974. The topological polar surface area (TPSA) is 15.3 Å². The number of hydrogen-bond acceptors (Lipinski definition) is 2. The third kappa shape index (κ3) is 4.71. The number of para-hydroxylation sites is 1. The van der Waals surface area contributed by atoms with Crippen LogP contribution in [0.5, 0.6) is 0 Å². The zero-order chi connectivity index (χ0) is 14.2. The van der Waals surface area contributed by atoms with Gasteiger partial charge in [0, 0.05) is 18.8 Å². The van der Waals surface area contributed by atoms with Crippen LogP contribution in [0.25, 0.3) is 0 Å². The molecule has 0 spiro atoms. The fourth-order valence-corrected chi connectivity index (χ4v) is 2.33. The Morgan fingerprint density at radius 1 is 0.900 bits per heavy atom. The molecule has 0 heterocycles. The highest BCUT2D eigenvalue weighted by molar-refractivity contribution is 5.50. The van der Waals surface area contributed by atoms with Gasteiger partial charge < -0.3 is 10.2 Å². The van der Waals surface area contributed by atoms with Crippen molar-refractivity contribution in [3.8, 4) is 0 Å². The Morgan fingerprint density at radius 2 is 1.60 bits per heavy atom. The Kier molecular flexibility index (Phi) is 5.63. The molecule has 2 heteroatoms. The van der Waals surface area contributed by atoms with E-state index >= 15 is 0 Å². The van der Waals surface area contributed by atoms with Crippen molar-refractivity contribution in [3.05, 3.63) is 65.7 Å². The minimum Gasteiger partial charge on any atom is -0.385 e. The normalized spacial score (nSPS) is 10.8. The predicted molar refractivity (Wildman–Crippen MR) is 87.1 cm³/mol. The zero-order valence-electron chi connectivity index (χ0n) is 12.5. The summed E-state index contributed by atoms with van der Waals surface area (Å²) in [7, 11) is 4.21. The van der Waals surface area contributed by atoms with Crippen molar-refractivity contribution in [3.63, 3.8) is 0 Å². The van der Waals surface area contributed by atoms with Gasteiger partial charge in [0.1, 0.15) is 0 Å². The van der Waals surface area contributed by atoms with E-state index in [0.717, 1.165) is 25.9 Å². The van der Waals surface area contributed by atoms with Crippen molar-refractivity contribution in [2.24, 2.45) is 0 Å². The summed E-state index contributed by atoms with van der Waals surface area (Å²) in [5, 5.41) is 3.56. The molecule has 0 atom stereocenters. The molecule has 2 rings (SSSR count). The Morgan fingerprint density at radius 3 is 2.35 bits per heavy atom. The molecule has 0 aliphatic rings. The smallest absolute Gasteiger partial charge is 0.0385 e. The van der Waals surface area contributed by atoms with Gasteiger partial charge in [0.15, 0.2) is 0 Å². The van der Waals surface area contributed by atoms with E-state index in [-0.39, 0.29) is 0 Å². The summed E-state index contributed by atoms with van der Waals surface area (Å²) >= 11 is 0. The number of anilines is 1. The lowest BCUT2D eigenvalue weighted by Gasteiger charge is -2.15. The van der Waals surface area contributed by atoms with Gasteiger partial charge in [0.05, 0.1) is 0 Å². The number of hydrogen-bond donors (Lipinski definition) is 1. The maximum absolute atomic E-state index is 3.56. The van der Waals surface area contributed by atoms with Crippen molar-refractivity contribution in [2.75, 3.05) is 26.0 Å². The van der Waals surface area contributed by atoms with Gasteiger partial charge in [-0.1, -0.05) is 48.5 Å². The summed E-state index contributed by atoms with van der Waals surface area (Å²) in [5.41, 5.74) is 4.03. The lowest BCUT2D eigenvalue weighted by atomic mass is 10.1. The van der Waals surface area contributed by atoms with E-state index in [1.165, 1.54) is 16.8 Å². The summed E-state index contributed by atoms with van der Waals surface area (Å²) in [6.45, 7) is 1.99. The van der Waals surface area contributed by atoms with Crippen LogP contribution in [0.1, 0.15) is 17.5 Å². The summed E-state index contributed by atoms with van der Waals surface area (Å²) in [5.74, 6) is 0. The number of rotatable bonds is 7. The zero-order valence-corrected chi connectivity index (χ0v) is 12.5. The quantitative estimate of drug-likeness (QED) is 0.769. The van der Waals surface area contributed by atoms with E-state index < -0.39 is 0 Å². The van der Waals surface area contributed by atoms with Crippen LogP contribution < -0.4 is 5.32 Å². The second kappa shape index (κ2) is 7.71. The second-order valence-corrected chi connectivity index (χ2v) is 5.41. The fraction of sp³-hybridized carbons (Fsp3) is 0.333. The first-order chi connectivity index (χ1) is 9.75. The third-order valence-corrected chi connectivity index (χ3v) is 3.30. The third-order valence-electron chi connectivity index (χ3n) is 3.30. The first-order valence-electron chi connectivity index (χ1n) is 7.26. The van der Waals surface area contributed by atoms with Gasteiger partial charge in [0.2, 0.25) is 0 Å². The fourth-order valence-electron chi connectivity index (χ4n) is 2.33. The van der Waals surface area contributed by atoms with Gasteiger partial charge in [-0.2, -0.15) is 0 Å². The average Bonchev–Trinajstić information content (AvgIpc) is 2.46. The molecule has 0 amide bonds. The van der Waals surface area contributed by atoms with Crippen molar-refractivity contribution < 1.29 is 0 Å². The van der Waals surface area contributed by atoms with Gasteiger partial charge >= 0.3 is 0 Å². The van der Waals surface area contributed by atoms with E-state index in [1.54, 1.807) is 0 Å². The molecule has 0 saturated carbocycles. The second-order valence-electron chi connectivity index (χ2n) is 5.41. The lowest BCUT2D eigenvalue weighted by molar-refractivity contribution is 0.403. The molecule has 0 aliphatic carbocycles. The van der Waals surface area contributed by atoms with Gasteiger partial charge in [-0.05, 0) is 44.1 Å². The van der Waals surface area contributed by atoms with Crippen LogP contribution in [0.4, 0.5) is 5.69 Å². The highest BCUT2D eigenvalue weighted by Crippen LogP contribution is 2.16. The Hall–Kier alpha value is -1.80. The standard InChI is InChI=1S/C18H24N2/c1-20(2)15-17-12-6-7-13-18(17)19-14-8-11-16-9-4-3-5-10-16/h3-7,9-10,12-13,19H,8,11,14-15H2,1-2H3. The predicted octanol–water partition coefficient (Wildman–Crippen LogP) is 3.79. The molecule has 0 saturated heterocycles. The lowest BCUT2D eigenvalue weighted by Crippen LogP contribution is -2.13. The Balaban J connectivity index is 1.82. The van der Waals surface area contributed by atoms with E-state index in [2.05, 4.69) is 78.9 Å². The van der Waals surface area contributed by atoms with Crippen molar-refractivity contribution in [1.29, 1.82) is 0 Å². The maximum atomic E-state index is 3.56. The first kappa shape index (κ1) is 14.6. The van der Waals surface area contributed by atoms with E-state index in [4.69, 9.17) is 0 Å². The van der Waals surface area contributed by atoms with Crippen LogP contribution in [0.2, 0.25) is 0 Å². The molecule has 2 nitrogen and oxygen atoms in total. The van der Waals surface area contributed by atoms with Gasteiger partial charge in [-0.15, -0.1) is 0 Å². The highest BCUT2D eigenvalue weighted by Gasteiger charge is 2.02. The van der Waals surface area contributed by atoms with Crippen molar-refractivity contribution >= 4 is 5.69 Å². The molecule has 106 valence electrons. The molecule has 20 heavy (non-hydrogen) atoms. The number of aryl methyl sites for hydroxylation is 1. The SMILES string of the molecule is CN(C)Cc1ccccc1NCCCc1ccccc1. The summed E-state index contributed by atoms with van der Waals surface area (Å²) < 4.78 is 0. The van der Waals surface area contributed by atoms with Crippen LogP contribution in [0.15, 0.2) is 54.6 Å². The largest absolute Gasteiger partial charge is 0.385 e. The monoisotopic (exact) mass is 268 g/mol. The molecular weight excluding hydrogens is 244 g/mol. The van der Waals surface area contributed by atoms with Crippen LogP contribution in [0, 0.1) is 0 Å². The van der Waals surface area contributed by atoms with Crippen LogP contribution >= 0.6 is 0 Å².